The number of ketones is 1. The topological polar surface area (TPSA) is 44.1 Å². The van der Waals surface area contributed by atoms with E-state index < -0.39 is 6.61 Å². The number of carbonyl (C=O) groups excluding carboxylic acids is 1. The summed E-state index contributed by atoms with van der Waals surface area (Å²) in [6.45, 7) is -0.296. The van der Waals surface area contributed by atoms with E-state index in [0.717, 1.165) is 0 Å². The Morgan fingerprint density at radius 3 is 2.64 bits per heavy atom. The van der Waals surface area contributed by atoms with Crippen LogP contribution < -0.4 is 4.74 Å². The number of rotatable bonds is 6. The monoisotopic (exact) mass is 326 g/mol. The van der Waals surface area contributed by atoms with Gasteiger partial charge in [-0.15, -0.1) is 0 Å². The minimum Gasteiger partial charge on any atom is -0.435 e. The molecule has 0 unspecified atom stereocenters. The Labute approximate surface area is 131 Å². The van der Waals surface area contributed by atoms with Gasteiger partial charge in [0.1, 0.15) is 11.4 Å². The summed E-state index contributed by atoms with van der Waals surface area (Å²) in [5.74, 6) is -0.286. The van der Waals surface area contributed by atoms with Crippen LogP contribution in [0.5, 0.6) is 5.75 Å². The van der Waals surface area contributed by atoms with Crippen molar-refractivity contribution in [2.45, 2.75) is 20.1 Å². The summed E-state index contributed by atoms with van der Waals surface area (Å²) < 4.78 is 29.9. The molecule has 4 nitrogen and oxygen atoms in total. The van der Waals surface area contributed by atoms with Crippen molar-refractivity contribution in [3.63, 3.8) is 0 Å². The number of aromatic nitrogens is 2. The number of benzene rings is 1. The quantitative estimate of drug-likeness (QED) is 0.594. The van der Waals surface area contributed by atoms with E-state index in [-0.39, 0.29) is 11.5 Å². The SMILES string of the molecule is CCn1cc(Cl)c(/C=C/C(=O)c2ccc(OC(F)F)cc2)n1. The van der Waals surface area contributed by atoms with Crippen molar-refractivity contribution in [2.75, 3.05) is 0 Å². The van der Waals surface area contributed by atoms with Crippen molar-refractivity contribution in [3.8, 4) is 5.75 Å². The molecule has 22 heavy (non-hydrogen) atoms. The zero-order chi connectivity index (χ0) is 16.1. The maximum atomic E-state index is 12.0. The smallest absolute Gasteiger partial charge is 0.387 e. The third kappa shape index (κ3) is 4.14. The zero-order valence-electron chi connectivity index (χ0n) is 11.7. The molecular formula is C15H13ClF2N2O2. The molecule has 116 valence electrons. The molecule has 0 saturated heterocycles. The first-order chi connectivity index (χ1) is 10.5. The highest BCUT2D eigenvalue weighted by Gasteiger charge is 2.07. The Balaban J connectivity index is 2.08. The van der Waals surface area contributed by atoms with E-state index in [9.17, 15) is 13.6 Å². The molecule has 0 aliphatic rings. The Morgan fingerprint density at radius 1 is 1.41 bits per heavy atom. The van der Waals surface area contributed by atoms with Crippen LogP contribution in [0.1, 0.15) is 23.0 Å². The van der Waals surface area contributed by atoms with Crippen LogP contribution in [0, 0.1) is 0 Å². The van der Waals surface area contributed by atoms with Crippen molar-refractivity contribution in [3.05, 3.63) is 52.8 Å². The Bertz CT molecular complexity index is 681. The van der Waals surface area contributed by atoms with E-state index in [1.807, 2.05) is 6.92 Å². The maximum Gasteiger partial charge on any atom is 0.387 e. The van der Waals surface area contributed by atoms with Gasteiger partial charge in [0.05, 0.1) is 5.02 Å². The van der Waals surface area contributed by atoms with E-state index in [4.69, 9.17) is 11.6 Å². The van der Waals surface area contributed by atoms with Gasteiger partial charge in [0.25, 0.3) is 0 Å². The van der Waals surface area contributed by atoms with Gasteiger partial charge in [0.15, 0.2) is 5.78 Å². The number of hydrogen-bond acceptors (Lipinski definition) is 3. The van der Waals surface area contributed by atoms with Crippen LogP contribution in [-0.2, 0) is 6.54 Å². The number of carbonyl (C=O) groups is 1. The summed E-state index contributed by atoms with van der Waals surface area (Å²) in [5, 5.41) is 4.63. The first-order valence-electron chi connectivity index (χ1n) is 6.50. The molecule has 1 heterocycles. The summed E-state index contributed by atoms with van der Waals surface area (Å²) in [6.07, 6.45) is 4.51. The fourth-order valence-corrected chi connectivity index (χ4v) is 1.95. The van der Waals surface area contributed by atoms with Crippen LogP contribution in [0.4, 0.5) is 8.78 Å². The molecule has 0 spiro atoms. The van der Waals surface area contributed by atoms with E-state index in [0.29, 0.717) is 22.8 Å². The van der Waals surface area contributed by atoms with Gasteiger partial charge in [0, 0.05) is 18.3 Å². The zero-order valence-corrected chi connectivity index (χ0v) is 12.4. The van der Waals surface area contributed by atoms with Crippen molar-refractivity contribution in [1.82, 2.24) is 9.78 Å². The normalized spacial score (nSPS) is 11.3. The second-order valence-corrected chi connectivity index (χ2v) is 4.73. The lowest BCUT2D eigenvalue weighted by molar-refractivity contribution is -0.0498. The van der Waals surface area contributed by atoms with Crippen molar-refractivity contribution < 1.29 is 18.3 Å². The molecule has 0 radical (unpaired) electrons. The van der Waals surface area contributed by atoms with Gasteiger partial charge >= 0.3 is 6.61 Å². The van der Waals surface area contributed by atoms with Gasteiger partial charge in [-0.1, -0.05) is 11.6 Å². The summed E-state index contributed by atoms with van der Waals surface area (Å²) >= 11 is 5.99. The Morgan fingerprint density at radius 2 is 2.09 bits per heavy atom. The van der Waals surface area contributed by atoms with E-state index in [1.165, 1.54) is 36.4 Å². The summed E-state index contributed by atoms with van der Waals surface area (Å²) in [7, 11) is 0. The van der Waals surface area contributed by atoms with Gasteiger partial charge in [-0.3, -0.25) is 9.48 Å². The molecule has 1 aromatic carbocycles. The van der Waals surface area contributed by atoms with Crippen LogP contribution in [0.15, 0.2) is 36.5 Å². The Kier molecular flexibility index (Phi) is 5.27. The molecule has 0 fully saturated rings. The predicted molar refractivity (Wildman–Crippen MR) is 79.3 cm³/mol. The number of halogens is 3. The van der Waals surface area contributed by atoms with Crippen molar-refractivity contribution in [1.29, 1.82) is 0 Å². The molecular weight excluding hydrogens is 314 g/mol. The van der Waals surface area contributed by atoms with E-state index in [1.54, 1.807) is 10.9 Å². The summed E-state index contributed by atoms with van der Waals surface area (Å²) in [4.78, 5) is 12.0. The lowest BCUT2D eigenvalue weighted by Gasteiger charge is -2.04. The summed E-state index contributed by atoms with van der Waals surface area (Å²) in [5.41, 5.74) is 0.846. The number of hydrogen-bond donors (Lipinski definition) is 0. The first kappa shape index (κ1) is 16.2. The number of aryl methyl sites for hydroxylation is 1. The highest BCUT2D eigenvalue weighted by molar-refractivity contribution is 6.31. The van der Waals surface area contributed by atoms with Crippen molar-refractivity contribution in [2.24, 2.45) is 0 Å². The highest BCUT2D eigenvalue weighted by atomic mass is 35.5. The van der Waals surface area contributed by atoms with Gasteiger partial charge in [-0.05, 0) is 43.3 Å². The predicted octanol–water partition coefficient (Wildman–Crippen LogP) is 4.05. The van der Waals surface area contributed by atoms with Gasteiger partial charge in [-0.25, -0.2) is 0 Å². The molecule has 1 aromatic heterocycles. The number of nitrogens with zero attached hydrogens (tertiary/aromatic N) is 2. The van der Waals surface area contributed by atoms with Gasteiger partial charge < -0.3 is 4.74 Å². The molecule has 0 saturated carbocycles. The number of ether oxygens (including phenoxy) is 1. The third-order valence-electron chi connectivity index (χ3n) is 2.82. The molecule has 0 bridgehead atoms. The summed E-state index contributed by atoms with van der Waals surface area (Å²) in [6, 6.07) is 5.45. The second kappa shape index (κ2) is 7.17. The fraction of sp³-hybridized carbons (Fsp3) is 0.200. The fourth-order valence-electron chi connectivity index (χ4n) is 1.74. The number of allylic oxidation sites excluding steroid dienone is 1. The largest absolute Gasteiger partial charge is 0.435 e. The van der Waals surface area contributed by atoms with E-state index >= 15 is 0 Å². The second-order valence-electron chi connectivity index (χ2n) is 4.32. The maximum absolute atomic E-state index is 12.0. The van der Waals surface area contributed by atoms with Gasteiger partial charge in [-0.2, -0.15) is 13.9 Å². The standard InChI is InChI=1S/C15H13ClF2N2O2/c1-2-20-9-12(16)13(19-20)7-8-14(21)10-3-5-11(6-4-10)22-15(17)18/h3-9,15H,2H2,1H3/b8-7+. The molecule has 0 amide bonds. The average Bonchev–Trinajstić information content (AvgIpc) is 2.85. The minimum absolute atomic E-state index is 0.000243. The van der Waals surface area contributed by atoms with Gasteiger partial charge in [0.2, 0.25) is 0 Å². The van der Waals surface area contributed by atoms with Crippen LogP contribution in [0.2, 0.25) is 5.02 Å². The van der Waals surface area contributed by atoms with Crippen LogP contribution in [0.3, 0.4) is 0 Å². The molecule has 0 atom stereocenters. The molecule has 2 aromatic rings. The van der Waals surface area contributed by atoms with E-state index in [2.05, 4.69) is 9.84 Å². The molecule has 0 N–H and O–H groups in total. The lowest BCUT2D eigenvalue weighted by atomic mass is 10.1. The van der Waals surface area contributed by atoms with Crippen LogP contribution in [0.25, 0.3) is 6.08 Å². The Hall–Kier alpha value is -2.21. The first-order valence-corrected chi connectivity index (χ1v) is 6.87. The van der Waals surface area contributed by atoms with Crippen molar-refractivity contribution >= 4 is 23.5 Å². The lowest BCUT2D eigenvalue weighted by Crippen LogP contribution is -2.02. The minimum atomic E-state index is -2.89. The molecule has 0 aliphatic carbocycles. The molecule has 0 aliphatic heterocycles. The third-order valence-corrected chi connectivity index (χ3v) is 3.12. The van der Waals surface area contributed by atoms with Crippen LogP contribution in [-0.4, -0.2) is 22.2 Å². The highest BCUT2D eigenvalue weighted by Crippen LogP contribution is 2.17. The average molecular weight is 327 g/mol. The molecule has 2 rings (SSSR count). The van der Waals surface area contributed by atoms with Crippen LogP contribution >= 0.6 is 11.6 Å². The number of alkyl halides is 2. The molecule has 7 heteroatoms.